The van der Waals surface area contributed by atoms with Gasteiger partial charge in [0.2, 0.25) is 0 Å². The number of nitrogens with zero attached hydrogens (tertiary/aromatic N) is 1. The minimum atomic E-state index is -0.113. The summed E-state index contributed by atoms with van der Waals surface area (Å²) in [6.07, 6.45) is 2.03. The number of ether oxygens (including phenoxy) is 1. The van der Waals surface area contributed by atoms with Crippen molar-refractivity contribution in [3.05, 3.63) is 23.8 Å². The Morgan fingerprint density at radius 3 is 2.67 bits per heavy atom. The number of nitrogens with two attached hydrogens (primary N) is 1. The van der Waals surface area contributed by atoms with E-state index in [2.05, 4.69) is 31.1 Å². The van der Waals surface area contributed by atoms with E-state index in [1.807, 2.05) is 0 Å². The maximum absolute atomic E-state index is 12.0. The third-order valence-electron chi connectivity index (χ3n) is 3.53. The van der Waals surface area contributed by atoms with Crippen LogP contribution >= 0.6 is 0 Å². The maximum atomic E-state index is 12.0. The van der Waals surface area contributed by atoms with Crippen molar-refractivity contribution < 1.29 is 9.53 Å². The van der Waals surface area contributed by atoms with Crippen molar-refractivity contribution in [1.29, 1.82) is 0 Å². The Morgan fingerprint density at radius 2 is 2.05 bits per heavy atom. The highest BCUT2D eigenvalue weighted by atomic mass is 16.5. The maximum Gasteiger partial charge on any atom is 0.251 e. The number of rotatable bonds is 8. The lowest BCUT2D eigenvalue weighted by Crippen LogP contribution is -2.29. The average Bonchev–Trinajstić information content (AvgIpc) is 2.45. The molecule has 0 radical (unpaired) electrons. The molecule has 0 bridgehead atoms. The minimum absolute atomic E-state index is 0.113. The number of unbranched alkanes of at least 4 members (excludes halogenated alkanes) is 1. The molecule has 1 rings (SSSR count). The molecule has 1 amide bonds. The van der Waals surface area contributed by atoms with Gasteiger partial charge in [-0.2, -0.15) is 0 Å². The van der Waals surface area contributed by atoms with Crippen LogP contribution in [0.4, 0.5) is 5.69 Å². The van der Waals surface area contributed by atoms with Crippen LogP contribution in [0.15, 0.2) is 18.2 Å². The van der Waals surface area contributed by atoms with E-state index in [-0.39, 0.29) is 5.91 Å². The minimum Gasteiger partial charge on any atom is -0.497 e. The summed E-state index contributed by atoms with van der Waals surface area (Å²) in [6, 6.07) is 5.60. The number of carbonyl (C=O) groups excluding carboxylic acids is 1. The molecule has 0 heterocycles. The van der Waals surface area contributed by atoms with Crippen molar-refractivity contribution in [2.24, 2.45) is 0 Å². The Bertz CT molecular complexity index is 461. The third kappa shape index (κ3) is 6.04. The van der Waals surface area contributed by atoms with Crippen LogP contribution in [-0.4, -0.2) is 44.1 Å². The first-order chi connectivity index (χ1) is 9.93. The van der Waals surface area contributed by atoms with Crippen LogP contribution < -0.4 is 15.8 Å². The molecule has 0 unspecified atom stereocenters. The summed E-state index contributed by atoms with van der Waals surface area (Å²) in [5, 5.41) is 2.91. The van der Waals surface area contributed by atoms with Crippen molar-refractivity contribution in [1.82, 2.24) is 10.2 Å². The Balaban J connectivity index is 2.36. The molecule has 0 atom stereocenters. The molecule has 1 aromatic carbocycles. The second-order valence-electron chi connectivity index (χ2n) is 5.53. The molecule has 0 saturated heterocycles. The number of nitrogens with one attached hydrogen (secondary N) is 1. The second kappa shape index (κ2) is 8.52. The molecule has 1 aromatic rings. The van der Waals surface area contributed by atoms with E-state index in [1.54, 1.807) is 25.3 Å². The molecule has 0 aromatic heterocycles. The Morgan fingerprint density at radius 1 is 1.33 bits per heavy atom. The normalized spacial score (nSPS) is 11.0. The van der Waals surface area contributed by atoms with Gasteiger partial charge in [0.15, 0.2) is 0 Å². The van der Waals surface area contributed by atoms with Gasteiger partial charge in [-0.05, 0) is 52.4 Å². The van der Waals surface area contributed by atoms with Gasteiger partial charge in [0.05, 0.1) is 7.11 Å². The van der Waals surface area contributed by atoms with Crippen LogP contribution in [0.2, 0.25) is 0 Å². The van der Waals surface area contributed by atoms with Gasteiger partial charge in [-0.15, -0.1) is 0 Å². The number of carbonyl (C=O) groups is 1. The predicted molar refractivity (Wildman–Crippen MR) is 86.7 cm³/mol. The Hall–Kier alpha value is -1.75. The van der Waals surface area contributed by atoms with Crippen LogP contribution in [0.5, 0.6) is 5.75 Å². The highest BCUT2D eigenvalue weighted by Crippen LogP contribution is 2.18. The fourth-order valence-corrected chi connectivity index (χ4v) is 1.92. The molecule has 0 saturated carbocycles. The monoisotopic (exact) mass is 293 g/mol. The molecule has 0 aliphatic rings. The van der Waals surface area contributed by atoms with E-state index in [9.17, 15) is 4.79 Å². The van der Waals surface area contributed by atoms with Gasteiger partial charge >= 0.3 is 0 Å². The van der Waals surface area contributed by atoms with Gasteiger partial charge in [0, 0.05) is 29.9 Å². The van der Waals surface area contributed by atoms with Gasteiger partial charge in [-0.1, -0.05) is 0 Å². The molecule has 0 spiro atoms. The lowest BCUT2D eigenvalue weighted by Gasteiger charge is -2.20. The van der Waals surface area contributed by atoms with Gasteiger partial charge < -0.3 is 20.7 Å². The van der Waals surface area contributed by atoms with Crippen molar-refractivity contribution in [2.45, 2.75) is 32.7 Å². The number of methoxy groups -OCH3 is 1. The number of anilines is 1. The van der Waals surface area contributed by atoms with E-state index in [0.29, 0.717) is 29.6 Å². The molecule has 5 heteroatoms. The van der Waals surface area contributed by atoms with Crippen molar-refractivity contribution in [3.8, 4) is 5.75 Å². The molecular weight excluding hydrogens is 266 g/mol. The van der Waals surface area contributed by atoms with Crippen molar-refractivity contribution in [3.63, 3.8) is 0 Å². The highest BCUT2D eigenvalue weighted by molar-refractivity contribution is 5.95. The van der Waals surface area contributed by atoms with Crippen molar-refractivity contribution in [2.75, 3.05) is 33.0 Å². The summed E-state index contributed by atoms with van der Waals surface area (Å²) < 4.78 is 5.11. The van der Waals surface area contributed by atoms with E-state index in [4.69, 9.17) is 10.5 Å². The number of amides is 1. The van der Waals surface area contributed by atoms with E-state index < -0.39 is 0 Å². The summed E-state index contributed by atoms with van der Waals surface area (Å²) in [4.78, 5) is 14.3. The average molecular weight is 293 g/mol. The lowest BCUT2D eigenvalue weighted by molar-refractivity contribution is 0.0952. The first-order valence-electron chi connectivity index (χ1n) is 7.37. The number of nitrogen functional groups attached to an aromatic ring is 1. The Labute approximate surface area is 127 Å². The van der Waals surface area contributed by atoms with Crippen LogP contribution in [-0.2, 0) is 0 Å². The third-order valence-corrected chi connectivity index (χ3v) is 3.53. The second-order valence-corrected chi connectivity index (χ2v) is 5.53. The standard InChI is InChI=1S/C16H27N3O2/c1-12(2)19(3)8-6-5-7-18-16(20)13-9-14(17)11-15(10-13)21-4/h9-12H,5-8,17H2,1-4H3,(H,18,20). The summed E-state index contributed by atoms with van der Waals surface area (Å²) in [5.41, 5.74) is 6.80. The molecule has 118 valence electrons. The molecule has 3 N–H and O–H groups in total. The number of hydrogen-bond acceptors (Lipinski definition) is 4. The summed E-state index contributed by atoms with van der Waals surface area (Å²) in [7, 11) is 3.67. The van der Waals surface area contributed by atoms with Gasteiger partial charge in [0.25, 0.3) is 5.91 Å². The molecule has 21 heavy (non-hydrogen) atoms. The zero-order valence-corrected chi connectivity index (χ0v) is 13.5. The Kier molecular flexibility index (Phi) is 7.02. The SMILES string of the molecule is COc1cc(N)cc(C(=O)NCCCCN(C)C(C)C)c1. The molecule has 0 fully saturated rings. The fourth-order valence-electron chi connectivity index (χ4n) is 1.92. The quantitative estimate of drug-likeness (QED) is 0.569. The first-order valence-corrected chi connectivity index (χ1v) is 7.37. The predicted octanol–water partition coefficient (Wildman–Crippen LogP) is 2.13. The molecule has 0 aliphatic carbocycles. The summed E-state index contributed by atoms with van der Waals surface area (Å²) >= 11 is 0. The highest BCUT2D eigenvalue weighted by Gasteiger charge is 2.08. The zero-order chi connectivity index (χ0) is 15.8. The van der Waals surface area contributed by atoms with Crippen LogP contribution in [0.25, 0.3) is 0 Å². The number of hydrogen-bond donors (Lipinski definition) is 2. The zero-order valence-electron chi connectivity index (χ0n) is 13.5. The summed E-state index contributed by atoms with van der Waals surface area (Å²) in [5.74, 6) is 0.483. The van der Waals surface area contributed by atoms with Crippen LogP contribution in [0.1, 0.15) is 37.0 Å². The van der Waals surface area contributed by atoms with Crippen molar-refractivity contribution >= 4 is 11.6 Å². The smallest absolute Gasteiger partial charge is 0.251 e. The molecule has 0 aliphatic heterocycles. The number of benzene rings is 1. The van der Waals surface area contributed by atoms with Crippen LogP contribution in [0.3, 0.4) is 0 Å². The fraction of sp³-hybridized carbons (Fsp3) is 0.562. The van der Waals surface area contributed by atoms with Gasteiger partial charge in [-0.25, -0.2) is 0 Å². The summed E-state index contributed by atoms with van der Waals surface area (Å²) in [6.45, 7) is 6.06. The lowest BCUT2D eigenvalue weighted by atomic mass is 10.1. The van der Waals surface area contributed by atoms with E-state index in [0.717, 1.165) is 19.4 Å². The first kappa shape index (κ1) is 17.3. The molecule has 5 nitrogen and oxygen atoms in total. The molecular formula is C16H27N3O2. The topological polar surface area (TPSA) is 67.6 Å². The van der Waals surface area contributed by atoms with E-state index in [1.165, 1.54) is 0 Å². The van der Waals surface area contributed by atoms with E-state index >= 15 is 0 Å². The van der Waals surface area contributed by atoms with Crippen LogP contribution in [0, 0.1) is 0 Å². The van der Waals surface area contributed by atoms with Gasteiger partial charge in [-0.3, -0.25) is 4.79 Å². The van der Waals surface area contributed by atoms with Gasteiger partial charge in [0.1, 0.15) is 5.75 Å². The largest absolute Gasteiger partial charge is 0.497 e.